The Morgan fingerprint density at radius 1 is 1.20 bits per heavy atom. The number of halogens is 1. The van der Waals surface area contributed by atoms with E-state index in [9.17, 15) is 0 Å². The fourth-order valence-electron chi connectivity index (χ4n) is 2.85. The van der Waals surface area contributed by atoms with E-state index < -0.39 is 0 Å². The molecule has 0 saturated carbocycles. The summed E-state index contributed by atoms with van der Waals surface area (Å²) in [5, 5.41) is 1.80. The van der Waals surface area contributed by atoms with Gasteiger partial charge in [0.25, 0.3) is 0 Å². The Kier molecular flexibility index (Phi) is 3.93. The second-order valence-corrected chi connectivity index (χ2v) is 6.50. The molecule has 25 heavy (non-hydrogen) atoms. The summed E-state index contributed by atoms with van der Waals surface area (Å²) < 4.78 is 2.91. The molecule has 0 radical (unpaired) electrons. The monoisotopic (exact) mass is 395 g/mol. The van der Waals surface area contributed by atoms with Crippen molar-refractivity contribution in [2.45, 2.75) is 6.92 Å². The van der Waals surface area contributed by atoms with Gasteiger partial charge in [0.15, 0.2) is 5.49 Å². The number of nitrogens with zero attached hydrogens (tertiary/aromatic N) is 4. The minimum Gasteiger partial charge on any atom is -0.338 e. The average Bonchev–Trinajstić information content (AvgIpc) is 3.14. The van der Waals surface area contributed by atoms with Gasteiger partial charge in [0.2, 0.25) is 0 Å². The molecule has 0 fully saturated rings. The highest BCUT2D eigenvalue weighted by Gasteiger charge is 2.16. The standard InChI is InChI=1S/C18H15BrN6/c1-2-25(12-6-4-3-5-7-12)17(20)24-18-22-15-13-10-11(19)8-9-14(13)21-16(15)23-18/h3-10H,2H2,1H3,(H2,20,21,22,23,24)/p+1. The third-order valence-electron chi connectivity index (χ3n) is 4.01. The third kappa shape index (κ3) is 2.87. The van der Waals surface area contributed by atoms with Gasteiger partial charge in [0, 0.05) is 15.4 Å². The van der Waals surface area contributed by atoms with Crippen molar-refractivity contribution in [3.63, 3.8) is 0 Å². The molecule has 0 spiro atoms. The van der Waals surface area contributed by atoms with Crippen molar-refractivity contribution in [3.05, 3.63) is 63.8 Å². The van der Waals surface area contributed by atoms with Crippen LogP contribution in [0.5, 0.6) is 0 Å². The summed E-state index contributed by atoms with van der Waals surface area (Å²) in [4.78, 5) is 16.7. The van der Waals surface area contributed by atoms with Gasteiger partial charge in [-0.05, 0) is 42.2 Å². The molecule has 2 heterocycles. The maximum absolute atomic E-state index is 6.20. The smallest absolute Gasteiger partial charge is 0.338 e. The zero-order chi connectivity index (χ0) is 17.4. The van der Waals surface area contributed by atoms with Gasteiger partial charge >= 0.3 is 11.9 Å². The summed E-state index contributed by atoms with van der Waals surface area (Å²) >= 11 is 3.49. The van der Waals surface area contributed by atoms with Crippen molar-refractivity contribution in [1.82, 2.24) is 4.98 Å². The van der Waals surface area contributed by atoms with Gasteiger partial charge < -0.3 is 4.98 Å². The normalized spacial score (nSPS) is 15.7. The molecular formula is C18H16BrN6+. The van der Waals surface area contributed by atoms with Crippen molar-refractivity contribution in [3.8, 4) is 0 Å². The molecule has 3 aromatic rings. The van der Waals surface area contributed by atoms with Crippen LogP contribution in [0.25, 0.3) is 10.9 Å². The molecule has 0 aliphatic carbocycles. The van der Waals surface area contributed by atoms with E-state index in [-0.39, 0.29) is 0 Å². The Hall–Kier alpha value is -2.80. The molecule has 1 aliphatic heterocycles. The van der Waals surface area contributed by atoms with Crippen LogP contribution in [-0.2, 0) is 0 Å². The van der Waals surface area contributed by atoms with Crippen LogP contribution in [0.4, 0.5) is 5.69 Å². The number of fused-ring (bicyclic) bond motifs is 3. The van der Waals surface area contributed by atoms with E-state index in [1.54, 1.807) is 0 Å². The topological polar surface area (TPSA) is 81.9 Å². The molecule has 1 aromatic heterocycles. The van der Waals surface area contributed by atoms with Crippen LogP contribution in [-0.4, -0.2) is 28.0 Å². The highest BCUT2D eigenvalue weighted by molar-refractivity contribution is 9.10. The van der Waals surface area contributed by atoms with Crippen molar-refractivity contribution in [2.75, 3.05) is 6.54 Å². The number of aromatic nitrogens is 1. The maximum atomic E-state index is 6.20. The van der Waals surface area contributed by atoms with E-state index in [2.05, 4.69) is 35.9 Å². The number of para-hydroxylation sites is 1. The van der Waals surface area contributed by atoms with Crippen molar-refractivity contribution >= 4 is 44.4 Å². The number of benzene rings is 2. The van der Waals surface area contributed by atoms with Gasteiger partial charge in [-0.1, -0.05) is 34.1 Å². The number of rotatable bonds is 2. The van der Waals surface area contributed by atoms with Crippen LogP contribution in [0, 0.1) is 0 Å². The molecule has 0 atom stereocenters. The number of aliphatic imine (C=N–C) groups is 1. The minimum atomic E-state index is 0.356. The third-order valence-corrected chi connectivity index (χ3v) is 4.51. The Labute approximate surface area is 152 Å². The summed E-state index contributed by atoms with van der Waals surface area (Å²) in [5.74, 6) is 0.724. The summed E-state index contributed by atoms with van der Waals surface area (Å²) in [6.07, 6.45) is 0. The van der Waals surface area contributed by atoms with E-state index in [1.165, 1.54) is 0 Å². The first-order chi connectivity index (χ1) is 12.2. The Morgan fingerprint density at radius 3 is 2.76 bits per heavy atom. The number of H-pyrrole nitrogens is 1. The SMILES string of the molecule is CC[N+](=C(N)/N=C1\N=c2[nH]c3ccc(Br)cc3c2=N1)c1ccccc1. The second kappa shape index (κ2) is 6.25. The van der Waals surface area contributed by atoms with E-state index in [0.29, 0.717) is 24.0 Å². The molecule has 6 nitrogen and oxygen atoms in total. The average molecular weight is 396 g/mol. The van der Waals surface area contributed by atoms with Crippen LogP contribution in [0.3, 0.4) is 0 Å². The van der Waals surface area contributed by atoms with Crippen LogP contribution in [0.1, 0.15) is 6.92 Å². The lowest BCUT2D eigenvalue weighted by atomic mass is 10.2. The predicted octanol–water partition coefficient (Wildman–Crippen LogP) is 2.22. The minimum absolute atomic E-state index is 0.356. The molecule has 4 rings (SSSR count). The van der Waals surface area contributed by atoms with E-state index in [1.807, 2.05) is 60.0 Å². The van der Waals surface area contributed by atoms with Gasteiger partial charge in [-0.2, -0.15) is 9.98 Å². The lowest BCUT2D eigenvalue weighted by Gasteiger charge is -2.04. The number of hydrogen-bond acceptors (Lipinski definition) is 0. The molecule has 2 aromatic carbocycles. The number of hydrogen-bond donors (Lipinski definition) is 2. The number of guanidine groups is 2. The van der Waals surface area contributed by atoms with E-state index in [0.717, 1.165) is 26.4 Å². The molecule has 124 valence electrons. The summed E-state index contributed by atoms with van der Waals surface area (Å²) in [5.41, 5.74) is 8.89. The van der Waals surface area contributed by atoms with Gasteiger partial charge in [0.05, 0.1) is 6.54 Å². The first-order valence-electron chi connectivity index (χ1n) is 7.94. The largest absolute Gasteiger partial charge is 0.393 e. The van der Waals surface area contributed by atoms with Gasteiger partial charge in [0.1, 0.15) is 11.0 Å². The van der Waals surface area contributed by atoms with E-state index >= 15 is 0 Å². The Bertz CT molecular complexity index is 1140. The summed E-state index contributed by atoms with van der Waals surface area (Å²) in [6, 6.07) is 15.9. The summed E-state index contributed by atoms with van der Waals surface area (Å²) in [6.45, 7) is 2.73. The van der Waals surface area contributed by atoms with Crippen molar-refractivity contribution in [2.24, 2.45) is 20.7 Å². The second-order valence-electron chi connectivity index (χ2n) is 5.59. The van der Waals surface area contributed by atoms with Crippen LogP contribution < -0.4 is 16.6 Å². The lowest BCUT2D eigenvalue weighted by molar-refractivity contribution is -0.438. The highest BCUT2D eigenvalue weighted by atomic mass is 79.9. The first-order valence-corrected chi connectivity index (χ1v) is 8.73. The Morgan fingerprint density at radius 2 is 2.00 bits per heavy atom. The molecule has 7 heteroatoms. The lowest BCUT2D eigenvalue weighted by Crippen LogP contribution is -2.24. The fourth-order valence-corrected chi connectivity index (χ4v) is 3.21. The zero-order valence-electron chi connectivity index (χ0n) is 13.6. The Balaban J connectivity index is 1.80. The van der Waals surface area contributed by atoms with E-state index in [4.69, 9.17) is 5.73 Å². The highest BCUT2D eigenvalue weighted by Crippen LogP contribution is 2.15. The van der Waals surface area contributed by atoms with Gasteiger partial charge in [-0.25, -0.2) is 4.58 Å². The number of nitrogens with two attached hydrogens (primary N) is 1. The molecule has 0 saturated heterocycles. The van der Waals surface area contributed by atoms with Crippen molar-refractivity contribution < 1.29 is 4.58 Å². The maximum Gasteiger partial charge on any atom is 0.393 e. The van der Waals surface area contributed by atoms with Gasteiger partial charge in [-0.3, -0.25) is 5.73 Å². The zero-order valence-corrected chi connectivity index (χ0v) is 15.2. The molecule has 0 bridgehead atoms. The van der Waals surface area contributed by atoms with Crippen LogP contribution >= 0.6 is 15.9 Å². The molecular weight excluding hydrogens is 380 g/mol. The molecule has 3 N–H and O–H groups in total. The molecule has 1 aliphatic rings. The first kappa shape index (κ1) is 15.7. The van der Waals surface area contributed by atoms with Crippen molar-refractivity contribution in [1.29, 1.82) is 0 Å². The van der Waals surface area contributed by atoms with Crippen LogP contribution in [0.15, 0.2) is 68.0 Å². The fraction of sp³-hybridized carbons (Fsp3) is 0.111. The molecule has 0 unspecified atom stereocenters. The van der Waals surface area contributed by atoms with Crippen LogP contribution in [0.2, 0.25) is 0 Å². The van der Waals surface area contributed by atoms with Gasteiger partial charge in [-0.15, -0.1) is 0 Å². The number of nitrogens with one attached hydrogen (secondary N) is 1. The summed E-state index contributed by atoms with van der Waals surface area (Å²) in [7, 11) is 0. The number of aromatic amines is 1. The molecule has 0 amide bonds. The quantitative estimate of drug-likeness (QED) is 0.389. The predicted molar refractivity (Wildman–Crippen MR) is 102 cm³/mol.